The van der Waals surface area contributed by atoms with Crippen LogP contribution in [0.2, 0.25) is 0 Å². The van der Waals surface area contributed by atoms with Crippen molar-refractivity contribution < 1.29 is 4.79 Å². The Hall–Kier alpha value is -2.96. The van der Waals surface area contributed by atoms with Crippen molar-refractivity contribution in [2.75, 3.05) is 13.1 Å². The van der Waals surface area contributed by atoms with Gasteiger partial charge in [0.1, 0.15) is 12.2 Å². The highest BCUT2D eigenvalue weighted by molar-refractivity contribution is 5.79. The third-order valence-electron chi connectivity index (χ3n) is 4.66. The summed E-state index contributed by atoms with van der Waals surface area (Å²) in [7, 11) is 0. The summed E-state index contributed by atoms with van der Waals surface area (Å²) in [5, 5.41) is 11.1. The van der Waals surface area contributed by atoms with Gasteiger partial charge in [-0.15, -0.1) is 0 Å². The van der Waals surface area contributed by atoms with Crippen LogP contribution >= 0.6 is 0 Å². The number of hydrogen-bond donors (Lipinski definition) is 1. The van der Waals surface area contributed by atoms with E-state index >= 15 is 0 Å². The molecule has 3 aromatic rings. The van der Waals surface area contributed by atoms with E-state index in [1.165, 1.54) is 6.33 Å². The lowest BCUT2D eigenvalue weighted by Crippen LogP contribution is -2.40. The maximum Gasteiger partial charge on any atom is 0.227 e. The number of amides is 1. The minimum atomic E-state index is 0.163. The zero-order valence-electron chi connectivity index (χ0n) is 13.9. The fourth-order valence-electron chi connectivity index (χ4n) is 3.31. The Balaban J connectivity index is 1.39. The molecule has 1 aliphatic heterocycles. The second kappa shape index (κ2) is 6.88. The summed E-state index contributed by atoms with van der Waals surface area (Å²) >= 11 is 0. The monoisotopic (exact) mass is 336 g/mol. The van der Waals surface area contributed by atoms with Gasteiger partial charge < -0.3 is 4.90 Å². The SMILES string of the molecule is O=C(Cc1ccc(-n2cccn2)cc1)N1CCC[C@@H](c2ncn[nH]2)C1. The van der Waals surface area contributed by atoms with Crippen molar-refractivity contribution in [2.24, 2.45) is 0 Å². The first-order valence-corrected chi connectivity index (χ1v) is 8.51. The van der Waals surface area contributed by atoms with Crippen LogP contribution in [0.4, 0.5) is 0 Å². The molecule has 128 valence electrons. The highest BCUT2D eigenvalue weighted by Crippen LogP contribution is 2.24. The Bertz CT molecular complexity index is 810. The Morgan fingerprint density at radius 1 is 1.28 bits per heavy atom. The number of carbonyl (C=O) groups is 1. The molecule has 0 radical (unpaired) electrons. The molecule has 0 unspecified atom stereocenters. The number of aromatic nitrogens is 5. The van der Waals surface area contributed by atoms with Gasteiger partial charge >= 0.3 is 0 Å². The van der Waals surface area contributed by atoms with Gasteiger partial charge in [-0.1, -0.05) is 12.1 Å². The van der Waals surface area contributed by atoms with E-state index in [2.05, 4.69) is 20.3 Å². The summed E-state index contributed by atoms with van der Waals surface area (Å²) in [5.74, 6) is 1.29. The van der Waals surface area contributed by atoms with Gasteiger partial charge in [0.2, 0.25) is 5.91 Å². The number of nitrogens with zero attached hydrogens (tertiary/aromatic N) is 5. The van der Waals surface area contributed by atoms with E-state index in [-0.39, 0.29) is 11.8 Å². The van der Waals surface area contributed by atoms with Gasteiger partial charge in [-0.05, 0) is 36.6 Å². The van der Waals surface area contributed by atoms with Crippen LogP contribution in [0.5, 0.6) is 0 Å². The summed E-state index contributed by atoms with van der Waals surface area (Å²) < 4.78 is 1.80. The first kappa shape index (κ1) is 15.6. The van der Waals surface area contributed by atoms with E-state index in [1.54, 1.807) is 10.9 Å². The molecule has 25 heavy (non-hydrogen) atoms. The largest absolute Gasteiger partial charge is 0.342 e. The number of benzene rings is 1. The molecule has 0 aliphatic carbocycles. The molecule has 1 aromatic carbocycles. The summed E-state index contributed by atoms with van der Waals surface area (Å²) in [6.45, 7) is 1.52. The standard InChI is InChI=1S/C18H20N6O/c25-17(23-9-1-3-15(12-23)18-19-13-20-22-18)11-14-4-6-16(7-5-14)24-10-2-8-21-24/h2,4-8,10,13,15H,1,3,9,11-12H2,(H,19,20,22)/t15-/m1/s1. The predicted molar refractivity (Wildman–Crippen MR) is 92.2 cm³/mol. The normalized spacial score (nSPS) is 17.6. The molecule has 3 heterocycles. The lowest BCUT2D eigenvalue weighted by atomic mass is 9.97. The summed E-state index contributed by atoms with van der Waals surface area (Å²) in [6, 6.07) is 9.85. The fraction of sp³-hybridized carbons (Fsp3) is 0.333. The molecule has 7 heteroatoms. The zero-order valence-corrected chi connectivity index (χ0v) is 13.9. The van der Waals surface area contributed by atoms with E-state index in [0.29, 0.717) is 13.0 Å². The molecule has 4 rings (SSSR count). The maximum atomic E-state index is 12.7. The van der Waals surface area contributed by atoms with Crippen LogP contribution in [0, 0.1) is 0 Å². The third kappa shape index (κ3) is 3.45. The molecule has 1 amide bonds. The molecule has 1 saturated heterocycles. The molecule has 0 spiro atoms. The molecular formula is C18H20N6O. The van der Waals surface area contributed by atoms with E-state index in [9.17, 15) is 4.79 Å². The quantitative estimate of drug-likeness (QED) is 0.789. The van der Waals surface area contributed by atoms with Crippen molar-refractivity contribution >= 4 is 5.91 Å². The number of piperidine rings is 1. The van der Waals surface area contributed by atoms with Crippen molar-refractivity contribution in [1.29, 1.82) is 0 Å². The topological polar surface area (TPSA) is 79.7 Å². The maximum absolute atomic E-state index is 12.7. The van der Waals surface area contributed by atoms with E-state index < -0.39 is 0 Å². The lowest BCUT2D eigenvalue weighted by Gasteiger charge is -2.31. The first-order chi connectivity index (χ1) is 12.3. The predicted octanol–water partition coefficient (Wildman–Crippen LogP) is 1.94. The number of aromatic amines is 1. The van der Waals surface area contributed by atoms with Gasteiger partial charge in [-0.25, -0.2) is 9.67 Å². The van der Waals surface area contributed by atoms with Crippen molar-refractivity contribution in [3.05, 3.63) is 60.4 Å². The summed E-state index contributed by atoms with van der Waals surface area (Å²) in [6.07, 6.45) is 7.63. The molecule has 1 N–H and O–H groups in total. The number of nitrogens with one attached hydrogen (secondary N) is 1. The van der Waals surface area contributed by atoms with Crippen LogP contribution in [0.3, 0.4) is 0 Å². The van der Waals surface area contributed by atoms with Gasteiger partial charge in [0.25, 0.3) is 0 Å². The van der Waals surface area contributed by atoms with Gasteiger partial charge in [-0.2, -0.15) is 10.2 Å². The van der Waals surface area contributed by atoms with E-state index in [0.717, 1.165) is 36.5 Å². The van der Waals surface area contributed by atoms with Crippen LogP contribution in [-0.2, 0) is 11.2 Å². The van der Waals surface area contributed by atoms with Crippen molar-refractivity contribution in [1.82, 2.24) is 29.9 Å². The number of hydrogen-bond acceptors (Lipinski definition) is 4. The van der Waals surface area contributed by atoms with Crippen LogP contribution < -0.4 is 0 Å². The third-order valence-corrected chi connectivity index (χ3v) is 4.66. The first-order valence-electron chi connectivity index (χ1n) is 8.51. The van der Waals surface area contributed by atoms with Crippen molar-refractivity contribution in [3.63, 3.8) is 0 Å². The van der Waals surface area contributed by atoms with Crippen LogP contribution in [-0.4, -0.2) is 48.9 Å². The lowest BCUT2D eigenvalue weighted by molar-refractivity contribution is -0.131. The van der Waals surface area contributed by atoms with Gasteiger partial charge in [-0.3, -0.25) is 9.89 Å². The molecule has 1 fully saturated rings. The van der Waals surface area contributed by atoms with E-state index in [4.69, 9.17) is 0 Å². The highest BCUT2D eigenvalue weighted by Gasteiger charge is 2.26. The number of rotatable bonds is 4. The molecule has 0 saturated carbocycles. The minimum Gasteiger partial charge on any atom is -0.342 e. The Morgan fingerprint density at radius 3 is 2.88 bits per heavy atom. The fourth-order valence-corrected chi connectivity index (χ4v) is 3.31. The molecule has 7 nitrogen and oxygen atoms in total. The Morgan fingerprint density at radius 2 is 2.16 bits per heavy atom. The van der Waals surface area contributed by atoms with Gasteiger partial charge in [0.05, 0.1) is 12.1 Å². The number of likely N-dealkylation sites (tertiary alicyclic amines) is 1. The Labute approximate surface area is 145 Å². The summed E-state index contributed by atoms with van der Waals surface area (Å²) in [4.78, 5) is 18.8. The second-order valence-electron chi connectivity index (χ2n) is 6.34. The smallest absolute Gasteiger partial charge is 0.227 e. The van der Waals surface area contributed by atoms with E-state index in [1.807, 2.05) is 41.4 Å². The molecule has 0 bridgehead atoms. The van der Waals surface area contributed by atoms with Crippen molar-refractivity contribution in [2.45, 2.75) is 25.2 Å². The van der Waals surface area contributed by atoms with Crippen LogP contribution in [0.25, 0.3) is 5.69 Å². The molecule has 1 atom stereocenters. The average Bonchev–Trinajstić information content (AvgIpc) is 3.36. The van der Waals surface area contributed by atoms with Crippen LogP contribution in [0.1, 0.15) is 30.1 Å². The van der Waals surface area contributed by atoms with Gasteiger partial charge in [0.15, 0.2) is 0 Å². The molecule has 1 aliphatic rings. The van der Waals surface area contributed by atoms with Crippen molar-refractivity contribution in [3.8, 4) is 5.69 Å². The zero-order chi connectivity index (χ0) is 17.1. The Kier molecular flexibility index (Phi) is 4.28. The molecule has 2 aromatic heterocycles. The number of carbonyl (C=O) groups excluding carboxylic acids is 1. The molecular weight excluding hydrogens is 316 g/mol. The average molecular weight is 336 g/mol. The number of H-pyrrole nitrogens is 1. The summed E-state index contributed by atoms with van der Waals surface area (Å²) in [5.41, 5.74) is 2.01. The van der Waals surface area contributed by atoms with Crippen LogP contribution in [0.15, 0.2) is 49.1 Å². The second-order valence-corrected chi connectivity index (χ2v) is 6.34. The highest BCUT2D eigenvalue weighted by atomic mass is 16.2. The minimum absolute atomic E-state index is 0.163. The van der Waals surface area contributed by atoms with Gasteiger partial charge in [0, 0.05) is 31.4 Å².